The van der Waals surface area contributed by atoms with Crippen molar-refractivity contribution in [2.45, 2.75) is 0 Å². The molecule has 3 aromatic carbocycles. The first-order valence-electron chi connectivity index (χ1n) is 9.80. The Morgan fingerprint density at radius 1 is 0.515 bits per heavy atom. The van der Waals surface area contributed by atoms with Crippen molar-refractivity contribution in [2.24, 2.45) is 0 Å². The second-order valence-corrected chi connectivity index (χ2v) is 7.37. The van der Waals surface area contributed by atoms with Crippen LogP contribution >= 0.6 is 0 Å². The quantitative estimate of drug-likeness (QED) is 0.401. The molecule has 0 N–H and O–H groups in total. The highest BCUT2D eigenvalue weighted by Gasteiger charge is 2.27. The SMILES string of the molecule is O=[N+]([O-])c1cccc(N2CN(c3cccc([N+](=O)[O-])c3)CN(c3cccc([N+](=O)[O-])c3)C2)c1. The van der Waals surface area contributed by atoms with Crippen molar-refractivity contribution < 1.29 is 14.8 Å². The van der Waals surface area contributed by atoms with Crippen LogP contribution in [0.15, 0.2) is 72.8 Å². The zero-order chi connectivity index (χ0) is 23.5. The van der Waals surface area contributed by atoms with E-state index in [0.717, 1.165) is 0 Å². The summed E-state index contributed by atoms with van der Waals surface area (Å²) in [5.41, 5.74) is 1.53. The molecular formula is C21H18N6O6. The Balaban J connectivity index is 1.73. The van der Waals surface area contributed by atoms with Crippen molar-refractivity contribution in [1.82, 2.24) is 0 Å². The predicted octanol–water partition coefficient (Wildman–Crippen LogP) is 4.12. The van der Waals surface area contributed by atoms with Crippen LogP contribution < -0.4 is 14.7 Å². The highest BCUT2D eigenvalue weighted by atomic mass is 16.6. The van der Waals surface area contributed by atoms with Crippen molar-refractivity contribution in [2.75, 3.05) is 34.7 Å². The zero-order valence-corrected chi connectivity index (χ0v) is 17.2. The van der Waals surface area contributed by atoms with Crippen LogP contribution in [0.2, 0.25) is 0 Å². The molecule has 0 radical (unpaired) electrons. The zero-order valence-electron chi connectivity index (χ0n) is 17.2. The fraction of sp³-hybridized carbons (Fsp3) is 0.143. The van der Waals surface area contributed by atoms with Gasteiger partial charge in [-0.3, -0.25) is 30.3 Å². The topological polar surface area (TPSA) is 139 Å². The summed E-state index contributed by atoms with van der Waals surface area (Å²) in [5.74, 6) is 0. The minimum Gasteiger partial charge on any atom is -0.336 e. The van der Waals surface area contributed by atoms with Gasteiger partial charge in [-0.15, -0.1) is 0 Å². The Morgan fingerprint density at radius 2 is 0.788 bits per heavy atom. The van der Waals surface area contributed by atoms with E-state index in [-0.39, 0.29) is 17.1 Å². The largest absolute Gasteiger partial charge is 0.336 e. The lowest BCUT2D eigenvalue weighted by atomic mass is 10.2. The smallest absolute Gasteiger partial charge is 0.271 e. The molecule has 0 aliphatic carbocycles. The van der Waals surface area contributed by atoms with E-state index >= 15 is 0 Å². The number of non-ortho nitro benzene ring substituents is 3. The van der Waals surface area contributed by atoms with E-state index in [9.17, 15) is 30.3 Å². The maximum absolute atomic E-state index is 11.2. The standard InChI is InChI=1S/C21H18N6O6/c28-25(29)19-7-1-4-16(10-19)22-13-23(17-5-2-8-20(11-17)26(30)31)15-24(14-22)18-6-3-9-21(12-18)27(32)33/h1-12H,13-15H2. The number of anilines is 3. The van der Waals surface area contributed by atoms with Gasteiger partial charge in [0.2, 0.25) is 0 Å². The molecule has 1 fully saturated rings. The average molecular weight is 450 g/mol. The Kier molecular flexibility index (Phi) is 5.72. The van der Waals surface area contributed by atoms with Gasteiger partial charge in [0.15, 0.2) is 0 Å². The third kappa shape index (κ3) is 4.63. The van der Waals surface area contributed by atoms with Gasteiger partial charge in [0.25, 0.3) is 17.1 Å². The highest BCUT2D eigenvalue weighted by molar-refractivity contribution is 5.63. The van der Waals surface area contributed by atoms with Gasteiger partial charge in [-0.25, -0.2) is 0 Å². The third-order valence-electron chi connectivity index (χ3n) is 5.24. The Morgan fingerprint density at radius 3 is 1.03 bits per heavy atom. The van der Waals surface area contributed by atoms with E-state index < -0.39 is 14.8 Å². The summed E-state index contributed by atoms with van der Waals surface area (Å²) < 4.78 is 0. The first kappa shape index (κ1) is 21.5. The van der Waals surface area contributed by atoms with Gasteiger partial charge in [-0.1, -0.05) is 18.2 Å². The third-order valence-corrected chi connectivity index (χ3v) is 5.24. The van der Waals surface area contributed by atoms with Crippen LogP contribution in [-0.4, -0.2) is 34.8 Å². The van der Waals surface area contributed by atoms with Gasteiger partial charge in [0.1, 0.15) is 0 Å². The van der Waals surface area contributed by atoms with E-state index in [1.165, 1.54) is 36.4 Å². The van der Waals surface area contributed by atoms with Gasteiger partial charge in [0, 0.05) is 53.5 Å². The molecule has 1 heterocycles. The lowest BCUT2D eigenvalue weighted by Crippen LogP contribution is -2.55. The van der Waals surface area contributed by atoms with Crippen LogP contribution in [0.3, 0.4) is 0 Å². The van der Waals surface area contributed by atoms with Gasteiger partial charge in [0.05, 0.1) is 34.8 Å². The maximum Gasteiger partial charge on any atom is 0.271 e. The van der Waals surface area contributed by atoms with Crippen LogP contribution in [0, 0.1) is 30.3 Å². The molecule has 3 aromatic rings. The van der Waals surface area contributed by atoms with Gasteiger partial charge in [-0.05, 0) is 18.2 Å². The molecule has 168 valence electrons. The van der Waals surface area contributed by atoms with E-state index in [4.69, 9.17) is 0 Å². The van der Waals surface area contributed by atoms with Crippen LogP contribution in [0.4, 0.5) is 34.1 Å². The molecule has 12 nitrogen and oxygen atoms in total. The maximum atomic E-state index is 11.2. The lowest BCUT2D eigenvalue weighted by molar-refractivity contribution is -0.385. The molecule has 1 aliphatic heterocycles. The van der Waals surface area contributed by atoms with Crippen LogP contribution in [0.1, 0.15) is 0 Å². The second kappa shape index (κ2) is 8.78. The number of benzene rings is 3. The number of nitro benzene ring substituents is 3. The van der Waals surface area contributed by atoms with E-state index in [0.29, 0.717) is 37.1 Å². The molecule has 0 bridgehead atoms. The van der Waals surface area contributed by atoms with Crippen molar-refractivity contribution >= 4 is 34.1 Å². The van der Waals surface area contributed by atoms with E-state index in [1.807, 2.05) is 14.7 Å². The Labute approximate surface area is 187 Å². The van der Waals surface area contributed by atoms with Crippen LogP contribution in [-0.2, 0) is 0 Å². The number of nitrogens with zero attached hydrogens (tertiary/aromatic N) is 6. The molecule has 4 rings (SSSR count). The molecule has 0 aromatic heterocycles. The lowest BCUT2D eigenvalue weighted by Gasteiger charge is -2.45. The normalized spacial score (nSPS) is 13.6. The molecule has 0 saturated carbocycles. The molecule has 1 saturated heterocycles. The first-order valence-corrected chi connectivity index (χ1v) is 9.80. The number of hydrogen-bond donors (Lipinski definition) is 0. The minimum atomic E-state index is -0.482. The minimum absolute atomic E-state index is 0.0677. The predicted molar refractivity (Wildman–Crippen MR) is 121 cm³/mol. The summed E-state index contributed by atoms with van der Waals surface area (Å²) in [6.45, 7) is 0.898. The molecule has 12 heteroatoms. The number of hydrogen-bond acceptors (Lipinski definition) is 9. The first-order chi connectivity index (χ1) is 15.8. The molecule has 0 atom stereocenters. The number of nitro groups is 3. The highest BCUT2D eigenvalue weighted by Crippen LogP contribution is 2.30. The second-order valence-electron chi connectivity index (χ2n) is 7.37. The summed E-state index contributed by atoms with van der Waals surface area (Å²) in [5, 5.41) is 33.7. The summed E-state index contributed by atoms with van der Waals surface area (Å²) >= 11 is 0. The van der Waals surface area contributed by atoms with E-state index in [1.54, 1.807) is 36.4 Å². The van der Waals surface area contributed by atoms with Gasteiger partial charge < -0.3 is 14.7 Å². The van der Waals surface area contributed by atoms with Crippen LogP contribution in [0.25, 0.3) is 0 Å². The monoisotopic (exact) mass is 450 g/mol. The summed E-state index contributed by atoms with van der Waals surface area (Å²) in [6, 6.07) is 18.5. The van der Waals surface area contributed by atoms with Gasteiger partial charge >= 0.3 is 0 Å². The van der Waals surface area contributed by atoms with Crippen molar-refractivity contribution in [3.63, 3.8) is 0 Å². The fourth-order valence-electron chi connectivity index (χ4n) is 3.65. The molecule has 0 spiro atoms. The fourth-order valence-corrected chi connectivity index (χ4v) is 3.65. The Bertz CT molecular complexity index is 1080. The molecule has 0 unspecified atom stereocenters. The number of rotatable bonds is 6. The average Bonchev–Trinajstić information content (AvgIpc) is 2.84. The molecule has 33 heavy (non-hydrogen) atoms. The summed E-state index contributed by atoms with van der Waals surface area (Å²) in [4.78, 5) is 37.9. The van der Waals surface area contributed by atoms with Crippen molar-refractivity contribution in [1.29, 1.82) is 0 Å². The summed E-state index contributed by atoms with van der Waals surface area (Å²) in [7, 11) is 0. The summed E-state index contributed by atoms with van der Waals surface area (Å²) in [6.07, 6.45) is 0. The Hall–Kier alpha value is -4.74. The molecule has 1 aliphatic rings. The van der Waals surface area contributed by atoms with Crippen LogP contribution in [0.5, 0.6) is 0 Å². The van der Waals surface area contributed by atoms with E-state index in [2.05, 4.69) is 0 Å². The van der Waals surface area contributed by atoms with Crippen molar-refractivity contribution in [3.8, 4) is 0 Å². The van der Waals surface area contributed by atoms with Gasteiger partial charge in [-0.2, -0.15) is 0 Å². The molecular weight excluding hydrogens is 432 g/mol. The molecule has 0 amide bonds. The van der Waals surface area contributed by atoms with Crippen molar-refractivity contribution in [3.05, 3.63) is 103 Å².